The van der Waals surface area contributed by atoms with Gasteiger partial charge in [0, 0.05) is 12.1 Å². The Kier molecular flexibility index (Phi) is 4.33. The second kappa shape index (κ2) is 6.24. The van der Waals surface area contributed by atoms with E-state index in [9.17, 15) is 4.79 Å². The van der Waals surface area contributed by atoms with Crippen LogP contribution in [-0.2, 0) is 13.0 Å². The van der Waals surface area contributed by atoms with E-state index in [1.807, 2.05) is 6.92 Å². The summed E-state index contributed by atoms with van der Waals surface area (Å²) in [5.74, 6) is 0.565. The van der Waals surface area contributed by atoms with Gasteiger partial charge in [0.05, 0.1) is 15.7 Å². The molecule has 5 nitrogen and oxygen atoms in total. The van der Waals surface area contributed by atoms with Crippen molar-refractivity contribution in [3.63, 3.8) is 0 Å². The quantitative estimate of drug-likeness (QED) is 0.717. The summed E-state index contributed by atoms with van der Waals surface area (Å²) in [5, 5.41) is 5.94. The Balaban J connectivity index is 1.84. The third-order valence-corrected chi connectivity index (χ3v) is 4.71. The molecule has 22 heavy (non-hydrogen) atoms. The van der Waals surface area contributed by atoms with Gasteiger partial charge < -0.3 is 4.74 Å². The molecule has 0 aliphatic carbocycles. The Morgan fingerprint density at radius 1 is 1.27 bits per heavy atom. The minimum absolute atomic E-state index is 0.170. The van der Waals surface area contributed by atoms with E-state index >= 15 is 0 Å². The Labute approximate surface area is 140 Å². The Morgan fingerprint density at radius 2 is 2.09 bits per heavy atom. The van der Waals surface area contributed by atoms with Crippen LogP contribution in [0.2, 0.25) is 10.0 Å². The van der Waals surface area contributed by atoms with Crippen molar-refractivity contribution in [3.05, 3.63) is 55.4 Å². The van der Waals surface area contributed by atoms with E-state index in [0.29, 0.717) is 26.4 Å². The number of hydrogen-bond donors (Lipinski definition) is 0. The molecule has 3 rings (SSSR count). The fourth-order valence-electron chi connectivity index (χ4n) is 1.84. The lowest BCUT2D eigenvalue weighted by Gasteiger charge is -2.06. The molecule has 0 aliphatic rings. The van der Waals surface area contributed by atoms with Gasteiger partial charge in [-0.3, -0.25) is 4.79 Å². The molecule has 0 unspecified atom stereocenters. The van der Waals surface area contributed by atoms with Crippen molar-refractivity contribution in [2.45, 2.75) is 20.0 Å². The van der Waals surface area contributed by atoms with Gasteiger partial charge >= 0.3 is 0 Å². The maximum atomic E-state index is 12.0. The predicted molar refractivity (Wildman–Crippen MR) is 87.3 cm³/mol. The van der Waals surface area contributed by atoms with Gasteiger partial charge in [-0.25, -0.2) is 4.98 Å². The lowest BCUT2D eigenvalue weighted by atomic mass is 10.3. The molecule has 0 amide bonds. The zero-order valence-corrected chi connectivity index (χ0v) is 13.9. The maximum absolute atomic E-state index is 12.0. The fraction of sp³-hybridized carbons (Fsp3) is 0.214. The Hall–Kier alpha value is -1.63. The summed E-state index contributed by atoms with van der Waals surface area (Å²) in [4.78, 5) is 17.0. The molecule has 2 heterocycles. The second-order valence-corrected chi connectivity index (χ2v) is 6.35. The average molecular weight is 356 g/mol. The number of hydrogen-bond acceptors (Lipinski definition) is 5. The van der Waals surface area contributed by atoms with E-state index in [1.54, 1.807) is 18.2 Å². The van der Waals surface area contributed by atoms with Gasteiger partial charge in [-0.2, -0.15) is 9.61 Å². The van der Waals surface area contributed by atoms with Crippen LogP contribution in [0.25, 0.3) is 4.96 Å². The van der Waals surface area contributed by atoms with Gasteiger partial charge in [-0.05, 0) is 18.6 Å². The van der Waals surface area contributed by atoms with Crippen LogP contribution in [0.15, 0.2) is 29.1 Å². The first-order valence-electron chi connectivity index (χ1n) is 6.53. The number of halogens is 2. The van der Waals surface area contributed by atoms with Crippen molar-refractivity contribution in [1.29, 1.82) is 0 Å². The highest BCUT2D eigenvalue weighted by atomic mass is 35.5. The van der Waals surface area contributed by atoms with Crippen molar-refractivity contribution in [2.75, 3.05) is 0 Å². The molecule has 114 valence electrons. The van der Waals surface area contributed by atoms with Gasteiger partial charge in [0.25, 0.3) is 5.56 Å². The fourth-order valence-corrected chi connectivity index (χ4v) is 2.98. The van der Waals surface area contributed by atoms with E-state index in [1.165, 1.54) is 21.9 Å². The molecule has 0 N–H and O–H groups in total. The van der Waals surface area contributed by atoms with Crippen LogP contribution in [0.5, 0.6) is 5.75 Å². The molecule has 3 aromatic rings. The molecule has 0 saturated heterocycles. The summed E-state index contributed by atoms with van der Waals surface area (Å²) >= 11 is 13.2. The summed E-state index contributed by atoms with van der Waals surface area (Å²) in [5.41, 5.74) is 0.330. The molecule has 0 fully saturated rings. The van der Waals surface area contributed by atoms with E-state index in [2.05, 4.69) is 10.1 Å². The number of aromatic nitrogens is 3. The molecule has 1 aromatic carbocycles. The van der Waals surface area contributed by atoms with E-state index in [4.69, 9.17) is 27.9 Å². The van der Waals surface area contributed by atoms with Crippen molar-refractivity contribution in [1.82, 2.24) is 14.6 Å². The standard InChI is InChI=1S/C14H11Cl2N3O2S/c1-2-12-18-19-13(20)5-8(17-14(19)22-12)7-21-9-3-4-10(15)11(16)6-9/h3-6H,2,7H2,1H3. The molecule has 8 heteroatoms. The van der Waals surface area contributed by atoms with Crippen LogP contribution in [0.4, 0.5) is 0 Å². The smallest absolute Gasteiger partial charge is 0.275 e. The van der Waals surface area contributed by atoms with Crippen molar-refractivity contribution in [3.8, 4) is 5.75 Å². The molecule has 0 atom stereocenters. The first-order valence-corrected chi connectivity index (χ1v) is 8.10. The molecule has 0 saturated carbocycles. The number of ether oxygens (including phenoxy) is 1. The van der Waals surface area contributed by atoms with Gasteiger partial charge in [-0.15, -0.1) is 0 Å². The summed E-state index contributed by atoms with van der Waals surface area (Å²) in [7, 11) is 0. The predicted octanol–water partition coefficient (Wildman–Crippen LogP) is 3.60. The number of rotatable bonds is 4. The molecule has 0 spiro atoms. The number of benzene rings is 1. The first kappa shape index (κ1) is 15.3. The summed E-state index contributed by atoms with van der Waals surface area (Å²) < 4.78 is 6.91. The van der Waals surface area contributed by atoms with E-state index in [-0.39, 0.29) is 12.2 Å². The first-order chi connectivity index (χ1) is 10.6. The van der Waals surface area contributed by atoms with Crippen LogP contribution in [0, 0.1) is 0 Å². The highest BCUT2D eigenvalue weighted by Crippen LogP contribution is 2.26. The lowest BCUT2D eigenvalue weighted by molar-refractivity contribution is 0.301. The molecule has 0 bridgehead atoms. The highest BCUT2D eigenvalue weighted by Gasteiger charge is 2.09. The minimum Gasteiger partial charge on any atom is -0.487 e. The third-order valence-electron chi connectivity index (χ3n) is 2.92. The topological polar surface area (TPSA) is 56.5 Å². The maximum Gasteiger partial charge on any atom is 0.275 e. The highest BCUT2D eigenvalue weighted by molar-refractivity contribution is 7.16. The van der Waals surface area contributed by atoms with Gasteiger partial charge in [0.1, 0.15) is 17.4 Å². The molecule has 0 aliphatic heterocycles. The molecular weight excluding hydrogens is 345 g/mol. The molecular formula is C14H11Cl2N3O2S. The molecule has 0 radical (unpaired) electrons. The van der Waals surface area contributed by atoms with Crippen LogP contribution in [0.3, 0.4) is 0 Å². The normalized spacial score (nSPS) is 11.0. The lowest BCUT2D eigenvalue weighted by Crippen LogP contribution is -2.16. The summed E-state index contributed by atoms with van der Waals surface area (Å²) in [6.07, 6.45) is 0.766. The number of aryl methyl sites for hydroxylation is 1. The van der Waals surface area contributed by atoms with Crippen molar-refractivity contribution < 1.29 is 4.74 Å². The second-order valence-electron chi connectivity index (χ2n) is 4.49. The van der Waals surface area contributed by atoms with Crippen LogP contribution in [-0.4, -0.2) is 14.6 Å². The van der Waals surface area contributed by atoms with Gasteiger partial charge in [-0.1, -0.05) is 41.5 Å². The zero-order chi connectivity index (χ0) is 15.7. The Morgan fingerprint density at radius 3 is 2.82 bits per heavy atom. The summed E-state index contributed by atoms with van der Waals surface area (Å²) in [6, 6.07) is 6.41. The molecule has 2 aromatic heterocycles. The monoisotopic (exact) mass is 355 g/mol. The van der Waals surface area contributed by atoms with Crippen LogP contribution < -0.4 is 10.3 Å². The van der Waals surface area contributed by atoms with Gasteiger partial charge in [0.2, 0.25) is 4.96 Å². The van der Waals surface area contributed by atoms with E-state index in [0.717, 1.165) is 11.4 Å². The van der Waals surface area contributed by atoms with Crippen molar-refractivity contribution in [2.24, 2.45) is 0 Å². The largest absolute Gasteiger partial charge is 0.487 e. The zero-order valence-electron chi connectivity index (χ0n) is 11.5. The Bertz CT molecular complexity index is 891. The van der Waals surface area contributed by atoms with Crippen molar-refractivity contribution >= 4 is 39.5 Å². The third kappa shape index (κ3) is 3.09. The van der Waals surface area contributed by atoms with E-state index < -0.39 is 0 Å². The summed E-state index contributed by atoms with van der Waals surface area (Å²) in [6.45, 7) is 2.15. The van der Waals surface area contributed by atoms with Gasteiger partial charge in [0.15, 0.2) is 0 Å². The average Bonchev–Trinajstić information content (AvgIpc) is 2.92. The SMILES string of the molecule is CCc1nn2c(=O)cc(COc3ccc(Cl)c(Cl)c3)nc2s1. The number of fused-ring (bicyclic) bond motifs is 1. The number of nitrogens with zero attached hydrogens (tertiary/aromatic N) is 3. The minimum atomic E-state index is -0.214. The van der Waals surface area contributed by atoms with Crippen LogP contribution in [0.1, 0.15) is 17.6 Å². The van der Waals surface area contributed by atoms with Crippen LogP contribution >= 0.6 is 34.5 Å².